The average Bonchev–Trinajstić information content (AvgIpc) is 3.24. The van der Waals surface area contributed by atoms with E-state index in [0.29, 0.717) is 12.8 Å². The summed E-state index contributed by atoms with van der Waals surface area (Å²) in [7, 11) is -5.02. The Bertz CT molecular complexity index is 1340. The number of rotatable bonds is 43. The Morgan fingerprint density at radius 3 is 1.08 bits per heavy atom. The van der Waals surface area contributed by atoms with Crippen LogP contribution >= 0.6 is 0 Å². The van der Waals surface area contributed by atoms with Crippen LogP contribution in [-0.4, -0.2) is 38.1 Å². The minimum atomic E-state index is -5.02. The predicted molar refractivity (Wildman–Crippen MR) is 251 cm³/mol. The van der Waals surface area contributed by atoms with Crippen LogP contribution in [0.15, 0.2) is 47.4 Å². The largest absolute Gasteiger partial charge is 1.00 e. The molecule has 0 amide bonds. The zero-order valence-corrected chi connectivity index (χ0v) is 43.6. The molecule has 0 saturated heterocycles. The van der Waals surface area contributed by atoms with E-state index in [9.17, 15) is 22.6 Å². The Morgan fingerprint density at radius 2 is 0.754 bits per heavy atom. The average molecular weight is 897 g/mol. The summed E-state index contributed by atoms with van der Waals surface area (Å²) >= 11 is 0. The molecule has 0 fully saturated rings. The van der Waals surface area contributed by atoms with Gasteiger partial charge in [0.2, 0.25) is 0 Å². The molecule has 0 aromatic heterocycles. The number of carbonyl (C=O) groups is 2. The number of ether oxygens (including phenoxy) is 2. The monoisotopic (exact) mass is 897 g/mol. The quantitative estimate of drug-likeness (QED) is 0.0211. The second kappa shape index (κ2) is 44.4. The standard InChI is InChI=1S/C52H90O7S.K/c1-3-5-7-9-11-13-15-17-19-21-23-25-27-29-31-33-35-37-39-41-46-58-51(53)48-44-43-45-49(60(55,56)57)50(48)52(54)59-47-42-40-38-36-34-32-30-28-26-24-22-20-18-16-14-12-10-8-6-4-2;/h27-30,43-45H,3-26,31-42,46-47H2,1-2H3,(H,55,56,57);/q;+1/p-1/b29-27+,30-28+;. The number of hydrogen-bond donors (Lipinski definition) is 0. The van der Waals surface area contributed by atoms with Gasteiger partial charge in [0, 0.05) is 0 Å². The van der Waals surface area contributed by atoms with Crippen LogP contribution in [0.5, 0.6) is 0 Å². The summed E-state index contributed by atoms with van der Waals surface area (Å²) in [6.45, 7) is 4.76. The number of carbonyl (C=O) groups excluding carboxylic acids is 2. The molecule has 0 heterocycles. The molecule has 1 rings (SSSR count). The molecule has 0 atom stereocenters. The van der Waals surface area contributed by atoms with Gasteiger partial charge in [-0.25, -0.2) is 18.0 Å². The maximum Gasteiger partial charge on any atom is 1.00 e. The molecule has 1 aromatic rings. The molecule has 0 radical (unpaired) electrons. The van der Waals surface area contributed by atoms with Crippen LogP contribution in [0.2, 0.25) is 0 Å². The van der Waals surface area contributed by atoms with E-state index in [2.05, 4.69) is 38.2 Å². The third kappa shape index (κ3) is 36.1. The number of allylic oxidation sites excluding steroid dienone is 4. The van der Waals surface area contributed by atoms with Crippen LogP contribution in [0.4, 0.5) is 0 Å². The number of esters is 2. The van der Waals surface area contributed by atoms with E-state index in [1.54, 1.807) is 0 Å². The Balaban J connectivity index is 0.0000360. The van der Waals surface area contributed by atoms with Gasteiger partial charge in [0.25, 0.3) is 0 Å². The molecule has 0 spiro atoms. The van der Waals surface area contributed by atoms with E-state index in [-0.39, 0.29) is 70.2 Å². The number of unbranched alkanes of at least 4 members (excludes halogenated alkanes) is 32. The molecule has 0 bridgehead atoms. The van der Waals surface area contributed by atoms with Crippen molar-refractivity contribution in [3.8, 4) is 0 Å². The van der Waals surface area contributed by atoms with Gasteiger partial charge in [0.15, 0.2) is 0 Å². The van der Waals surface area contributed by atoms with Crippen LogP contribution in [0.1, 0.15) is 266 Å². The van der Waals surface area contributed by atoms with E-state index >= 15 is 0 Å². The Labute approximate surface area is 418 Å². The van der Waals surface area contributed by atoms with Crippen molar-refractivity contribution in [3.05, 3.63) is 53.6 Å². The van der Waals surface area contributed by atoms with Gasteiger partial charge < -0.3 is 14.0 Å². The predicted octanol–water partition coefficient (Wildman–Crippen LogP) is 13.1. The van der Waals surface area contributed by atoms with Crippen LogP contribution in [0, 0.1) is 0 Å². The molecule has 7 nitrogen and oxygen atoms in total. The fraction of sp³-hybridized carbons (Fsp3) is 0.769. The molecular weight excluding hydrogens is 808 g/mol. The Kier molecular flexibility index (Phi) is 43.8. The minimum Gasteiger partial charge on any atom is -0.744 e. The summed E-state index contributed by atoms with van der Waals surface area (Å²) in [5.41, 5.74) is -0.789. The normalized spacial score (nSPS) is 11.7. The van der Waals surface area contributed by atoms with Gasteiger partial charge in [0.1, 0.15) is 10.1 Å². The van der Waals surface area contributed by atoms with Crippen LogP contribution < -0.4 is 51.4 Å². The smallest absolute Gasteiger partial charge is 0.744 e. The van der Waals surface area contributed by atoms with Crippen molar-refractivity contribution in [3.63, 3.8) is 0 Å². The first-order valence-electron chi connectivity index (χ1n) is 25.1. The second-order valence-electron chi connectivity index (χ2n) is 17.1. The van der Waals surface area contributed by atoms with Gasteiger partial charge in [-0.3, -0.25) is 0 Å². The third-order valence-electron chi connectivity index (χ3n) is 11.5. The molecule has 0 aliphatic heterocycles. The summed E-state index contributed by atoms with van der Waals surface area (Å²) < 4.78 is 46.9. The summed E-state index contributed by atoms with van der Waals surface area (Å²) in [4.78, 5) is 25.3. The van der Waals surface area contributed by atoms with Gasteiger partial charge in [0.05, 0.1) is 29.2 Å². The van der Waals surface area contributed by atoms with Crippen LogP contribution in [0.25, 0.3) is 0 Å². The van der Waals surface area contributed by atoms with Crippen molar-refractivity contribution in [2.75, 3.05) is 13.2 Å². The van der Waals surface area contributed by atoms with Crippen molar-refractivity contribution in [1.29, 1.82) is 0 Å². The van der Waals surface area contributed by atoms with Gasteiger partial charge in [-0.2, -0.15) is 0 Å². The topological polar surface area (TPSA) is 110 Å². The summed E-state index contributed by atoms with van der Waals surface area (Å²) in [6.07, 6.45) is 53.3. The number of benzene rings is 1. The second-order valence-corrected chi connectivity index (χ2v) is 18.5. The molecule has 0 saturated carbocycles. The van der Waals surface area contributed by atoms with Gasteiger partial charge in [-0.1, -0.05) is 211 Å². The fourth-order valence-corrected chi connectivity index (χ4v) is 8.40. The molecule has 9 heteroatoms. The molecule has 0 aliphatic carbocycles. The van der Waals surface area contributed by atoms with Gasteiger partial charge in [-0.05, 0) is 76.3 Å². The zero-order chi connectivity index (χ0) is 43.6. The minimum absolute atomic E-state index is 0. The van der Waals surface area contributed by atoms with Gasteiger partial charge in [-0.15, -0.1) is 0 Å². The van der Waals surface area contributed by atoms with Crippen LogP contribution in [0.3, 0.4) is 0 Å². The molecule has 346 valence electrons. The van der Waals surface area contributed by atoms with Crippen molar-refractivity contribution in [1.82, 2.24) is 0 Å². The van der Waals surface area contributed by atoms with E-state index in [1.807, 2.05) is 0 Å². The van der Waals surface area contributed by atoms with E-state index < -0.39 is 32.5 Å². The molecule has 0 aliphatic rings. The van der Waals surface area contributed by atoms with Crippen molar-refractivity contribution in [2.45, 2.75) is 250 Å². The molecule has 1 aromatic carbocycles. The first-order valence-corrected chi connectivity index (χ1v) is 26.5. The van der Waals surface area contributed by atoms with E-state index in [1.165, 1.54) is 160 Å². The maximum atomic E-state index is 13.1. The van der Waals surface area contributed by atoms with Crippen molar-refractivity contribution >= 4 is 22.1 Å². The van der Waals surface area contributed by atoms with Crippen molar-refractivity contribution in [2.24, 2.45) is 0 Å². The summed E-state index contributed by atoms with van der Waals surface area (Å²) in [5.74, 6) is -1.82. The molecule has 0 unspecified atom stereocenters. The molecular formula is C52H89KO7S. The van der Waals surface area contributed by atoms with E-state index in [0.717, 1.165) is 76.7 Å². The van der Waals surface area contributed by atoms with Gasteiger partial charge >= 0.3 is 63.3 Å². The molecule has 0 N–H and O–H groups in total. The Morgan fingerprint density at radius 1 is 0.459 bits per heavy atom. The van der Waals surface area contributed by atoms with Crippen molar-refractivity contribution < 1.29 is 83.4 Å². The van der Waals surface area contributed by atoms with E-state index in [4.69, 9.17) is 9.47 Å². The zero-order valence-electron chi connectivity index (χ0n) is 39.7. The first kappa shape index (κ1) is 60.2. The number of hydrogen-bond acceptors (Lipinski definition) is 7. The fourth-order valence-electron chi connectivity index (χ4n) is 7.71. The van der Waals surface area contributed by atoms with Crippen LogP contribution in [-0.2, 0) is 19.6 Å². The summed E-state index contributed by atoms with van der Waals surface area (Å²) in [6, 6.07) is 3.62. The summed E-state index contributed by atoms with van der Waals surface area (Å²) in [5, 5.41) is 0. The maximum absolute atomic E-state index is 13.1. The Hall–Kier alpha value is -0.814. The third-order valence-corrected chi connectivity index (χ3v) is 12.4. The SMILES string of the molecule is CCCCCCCCCCCCC/C=C/CCCCCCCOC(=O)c1cccc(S(=O)(=O)[O-])c1C(=O)OCCCCCCC/C=C/CCCCCCCCCCCCC.[K+]. The molecule has 61 heavy (non-hydrogen) atoms. The first-order chi connectivity index (χ1) is 29.3.